The maximum Gasteiger partial charge on any atom is 0.190 e. The number of aromatic nitrogens is 2. The third-order valence-corrected chi connectivity index (χ3v) is 25.6. The number of aliphatic hydroxyl groups excluding tert-OH is 6. The van der Waals surface area contributed by atoms with Gasteiger partial charge in [0.1, 0.15) is 6.23 Å². The lowest BCUT2D eigenvalue weighted by atomic mass is 9.40. The molecule has 6 saturated carbocycles. The molecule has 0 amide bonds. The van der Waals surface area contributed by atoms with Crippen LogP contribution in [0.25, 0.3) is 0 Å². The van der Waals surface area contributed by atoms with Crippen LogP contribution in [-0.2, 0) is 4.79 Å². The maximum absolute atomic E-state index is 15.4. The Morgan fingerprint density at radius 3 is 2.45 bits per heavy atom. The van der Waals surface area contributed by atoms with Gasteiger partial charge in [0.25, 0.3) is 0 Å². The molecule has 1 aromatic rings. The first-order valence-electron chi connectivity index (χ1n) is 29.2. The number of fused-ring (bicyclic) bond motifs is 14. The second-order valence-electron chi connectivity index (χ2n) is 26.8. The van der Waals surface area contributed by atoms with E-state index < -0.39 is 70.6 Å². The second-order valence-corrected chi connectivity index (χ2v) is 29.4. The Bertz CT molecular complexity index is 2420. The monoisotopic (exact) mass is 1070 g/mol. The predicted molar refractivity (Wildman–Crippen MR) is 295 cm³/mol. The van der Waals surface area contributed by atoms with Crippen molar-refractivity contribution in [2.45, 2.75) is 178 Å². The van der Waals surface area contributed by atoms with Crippen molar-refractivity contribution in [1.29, 1.82) is 0 Å². The number of carbonyl (C=O) groups excluding carboxylic acids is 1. The molecular formula is C59H90N6O8S2. The highest BCUT2D eigenvalue weighted by Gasteiger charge is 2.76. The molecular weight excluding hydrogens is 985 g/mol. The number of nitrogens with zero attached hydrogens (tertiary/aromatic N) is 3. The van der Waals surface area contributed by atoms with Gasteiger partial charge in [0, 0.05) is 84.1 Å². The van der Waals surface area contributed by atoms with Crippen LogP contribution >= 0.6 is 21.6 Å². The van der Waals surface area contributed by atoms with Crippen LogP contribution in [0.4, 0.5) is 0 Å². The van der Waals surface area contributed by atoms with Gasteiger partial charge in [-0.2, -0.15) is 0 Å². The van der Waals surface area contributed by atoms with E-state index in [0.29, 0.717) is 43.7 Å². The summed E-state index contributed by atoms with van der Waals surface area (Å²) >= 11 is 0. The number of aliphatic hydroxyl groups is 7. The van der Waals surface area contributed by atoms with Crippen LogP contribution in [0.5, 0.6) is 0 Å². The number of hydrogen-bond donors (Lipinski definition) is 10. The molecule has 0 radical (unpaired) electrons. The van der Waals surface area contributed by atoms with E-state index in [9.17, 15) is 35.7 Å². The smallest absolute Gasteiger partial charge is 0.190 e. The fourth-order valence-corrected chi connectivity index (χ4v) is 23.6. The molecule has 11 N–H and O–H groups in total. The largest absolute Gasteiger partial charge is 0.396 e. The fourth-order valence-electron chi connectivity index (χ4n) is 20.3. The minimum atomic E-state index is -1.74. The third kappa shape index (κ3) is 8.58. The zero-order chi connectivity index (χ0) is 53.0. The van der Waals surface area contributed by atoms with E-state index in [1.807, 2.05) is 23.3 Å². The molecule has 9 aliphatic carbocycles. The van der Waals surface area contributed by atoms with Gasteiger partial charge in [-0.3, -0.25) is 9.79 Å². The van der Waals surface area contributed by atoms with Gasteiger partial charge >= 0.3 is 0 Å². The summed E-state index contributed by atoms with van der Waals surface area (Å²) in [7, 11) is 5.38. The molecule has 1 aliphatic heterocycles. The normalized spacial score (nSPS) is 44.5. The van der Waals surface area contributed by atoms with Crippen molar-refractivity contribution in [3.8, 4) is 0 Å². The Morgan fingerprint density at radius 2 is 1.75 bits per heavy atom. The lowest BCUT2D eigenvalue weighted by Gasteiger charge is -2.65. The van der Waals surface area contributed by atoms with Crippen molar-refractivity contribution >= 4 is 33.3 Å². The Hall–Kier alpha value is -2.25. The number of nitrogens with two attached hydrogens (primary N) is 1. The molecule has 0 aromatic carbocycles. The van der Waals surface area contributed by atoms with Crippen LogP contribution in [-0.4, -0.2) is 132 Å². The fraction of sp³-hybridized carbons (Fsp3) is 0.814. The van der Waals surface area contributed by atoms with Crippen LogP contribution in [0, 0.1) is 80.8 Å². The number of hydrogen-bond acceptors (Lipinski definition) is 13. The third-order valence-electron chi connectivity index (χ3n) is 22.6. The number of nitrogens with one attached hydrogen (secondary N) is 2. The molecule has 4 bridgehead atoms. The van der Waals surface area contributed by atoms with Crippen molar-refractivity contribution in [2.24, 2.45) is 91.6 Å². The van der Waals surface area contributed by atoms with E-state index in [1.54, 1.807) is 42.0 Å². The zero-order valence-corrected chi connectivity index (χ0v) is 47.0. The summed E-state index contributed by atoms with van der Waals surface area (Å²) < 4.78 is 2.28. The maximum atomic E-state index is 15.4. The van der Waals surface area contributed by atoms with Gasteiger partial charge in [-0.25, -0.2) is 4.98 Å². The lowest BCUT2D eigenvalue weighted by Crippen LogP contribution is -2.69. The molecule has 11 rings (SSSR count). The lowest BCUT2D eigenvalue weighted by molar-refractivity contribution is -0.195. The van der Waals surface area contributed by atoms with Gasteiger partial charge in [-0.1, -0.05) is 77.5 Å². The first-order valence-corrected chi connectivity index (χ1v) is 31.6. The van der Waals surface area contributed by atoms with Crippen LogP contribution in [0.1, 0.15) is 143 Å². The molecule has 1 aromatic heterocycles. The van der Waals surface area contributed by atoms with Gasteiger partial charge < -0.3 is 56.7 Å². The average molecular weight is 1080 g/mol. The van der Waals surface area contributed by atoms with E-state index >= 15 is 4.79 Å². The average Bonchev–Trinajstić information content (AvgIpc) is 4.24. The topological polar surface area (TPSA) is 239 Å². The molecule has 416 valence electrons. The van der Waals surface area contributed by atoms with Crippen molar-refractivity contribution in [3.63, 3.8) is 0 Å². The quantitative estimate of drug-likeness (QED) is 0.0398. The minimum Gasteiger partial charge on any atom is -0.396 e. The zero-order valence-electron chi connectivity index (χ0n) is 45.4. The van der Waals surface area contributed by atoms with Gasteiger partial charge in [-0.05, 0) is 168 Å². The van der Waals surface area contributed by atoms with E-state index in [1.165, 1.54) is 49.7 Å². The summed E-state index contributed by atoms with van der Waals surface area (Å²) in [6, 6.07) is 0.0762. The number of rotatable bonds is 10. The number of allylic oxidation sites excluding steroid dienone is 3. The Balaban J connectivity index is 1.14. The highest BCUT2D eigenvalue weighted by Crippen LogP contribution is 2.75. The predicted octanol–water partition coefficient (Wildman–Crippen LogP) is 6.46. The molecule has 75 heavy (non-hydrogen) atoms. The van der Waals surface area contributed by atoms with Gasteiger partial charge in [0.05, 0.1) is 36.8 Å². The molecule has 10 aliphatic rings. The summed E-state index contributed by atoms with van der Waals surface area (Å²) in [5, 5.41) is 92.3. The molecule has 1 saturated heterocycles. The van der Waals surface area contributed by atoms with Crippen molar-refractivity contribution < 1.29 is 40.5 Å². The molecule has 1 spiro atoms. The van der Waals surface area contributed by atoms with Crippen molar-refractivity contribution in [1.82, 2.24) is 20.2 Å². The minimum absolute atomic E-state index is 0.0201. The standard InChI is InChI=1S/C59H90N6O8S2/c1-32(68)64-54(60)63-27-34-24-58(30-67)40-22-41(59(58,73)42-23-43(69)50-39(28-61-5)52(71)44(70)26-56(50,4)48(34)42)45(14-10-20-66)75-74-29-35(65-19-18-62-31-65)25-55(2,3)51-37-13-9-17-57(15-6-7-16-57)49(37)36-12-8-11-33-21-38(40)53(72)47(51)46(33)36/h18-19,23,31-35,38-41,44-45,47-50,52-53,61,66-68,70-73H,6-17,20-22,24-30H2,1-5H3,(H3,60,63,64). The first-order chi connectivity index (χ1) is 35.9. The van der Waals surface area contributed by atoms with E-state index in [4.69, 9.17) is 10.7 Å². The summed E-state index contributed by atoms with van der Waals surface area (Å²) in [5.74, 6) is -2.21. The van der Waals surface area contributed by atoms with Crippen molar-refractivity contribution in [3.05, 3.63) is 52.7 Å². The highest BCUT2D eigenvalue weighted by atomic mass is 33.1. The van der Waals surface area contributed by atoms with E-state index in [0.717, 1.165) is 44.3 Å². The molecule has 16 heteroatoms. The molecule has 19 unspecified atom stereocenters. The SMILES string of the molecule is CNCC1C(O)C(O)CC2(C)C3C(=CC(=O)C12)C1(O)C2CC(C4CC5CCCC6=C5C(C(=C5CCCC7(CCCC7)C65)C(C)(C)CC(n5ccnc5)CSSC2CCCO)C4O)C1(CO)CC3CN=C(N)NC(C)O. The summed E-state index contributed by atoms with van der Waals surface area (Å²) in [4.78, 5) is 24.9. The van der Waals surface area contributed by atoms with Crippen LogP contribution in [0.2, 0.25) is 0 Å². The van der Waals surface area contributed by atoms with Gasteiger partial charge in [0.2, 0.25) is 0 Å². The summed E-state index contributed by atoms with van der Waals surface area (Å²) in [6.07, 6.45) is 19.2. The molecule has 14 nitrogen and oxygen atoms in total. The number of guanidine groups is 1. The summed E-state index contributed by atoms with van der Waals surface area (Å²) in [6.45, 7) is 8.63. The second kappa shape index (κ2) is 20.7. The van der Waals surface area contributed by atoms with Gasteiger partial charge in [0.15, 0.2) is 11.7 Å². The number of carbonyl (C=O) groups is 1. The van der Waals surface area contributed by atoms with Gasteiger partial charge in [-0.15, -0.1) is 0 Å². The Kier molecular flexibility index (Phi) is 15.1. The van der Waals surface area contributed by atoms with Crippen LogP contribution in [0.15, 0.2) is 57.7 Å². The molecule has 7 fully saturated rings. The highest BCUT2D eigenvalue weighted by molar-refractivity contribution is 8.76. The number of imidazole rings is 1. The van der Waals surface area contributed by atoms with Crippen molar-refractivity contribution in [2.75, 3.05) is 39.1 Å². The number of aliphatic imine (C=N–C) groups is 1. The summed E-state index contributed by atoms with van der Waals surface area (Å²) in [5.41, 5.74) is 9.40. The Labute approximate surface area is 453 Å². The molecule has 19 atom stereocenters. The Morgan fingerprint density at radius 1 is 0.987 bits per heavy atom. The van der Waals surface area contributed by atoms with E-state index in [-0.39, 0.29) is 83.7 Å². The van der Waals surface area contributed by atoms with E-state index in [2.05, 4.69) is 47.2 Å². The number of ketones is 1. The first kappa shape index (κ1) is 54.7. The van der Waals surface area contributed by atoms with Crippen LogP contribution < -0.4 is 16.4 Å². The molecule has 2 heterocycles. The van der Waals surface area contributed by atoms with Crippen LogP contribution in [0.3, 0.4) is 0 Å².